The van der Waals surface area contributed by atoms with Crippen LogP contribution in [0.25, 0.3) is 0 Å². The number of benzene rings is 1. The van der Waals surface area contributed by atoms with E-state index in [0.29, 0.717) is 11.8 Å². The Kier molecular flexibility index (Phi) is 2.53. The molecule has 0 spiro atoms. The number of hydrogen-bond donors (Lipinski definition) is 1. The second kappa shape index (κ2) is 4.18. The Balaban J connectivity index is 1.76. The molecule has 0 saturated carbocycles. The number of aromatic nitrogens is 2. The van der Waals surface area contributed by atoms with Gasteiger partial charge in [0.25, 0.3) is 0 Å². The molecule has 3 rings (SSSR count). The van der Waals surface area contributed by atoms with E-state index in [-0.39, 0.29) is 11.6 Å². The van der Waals surface area contributed by atoms with Gasteiger partial charge in [0.1, 0.15) is 0 Å². The van der Waals surface area contributed by atoms with Gasteiger partial charge in [0.2, 0.25) is 0 Å². The van der Waals surface area contributed by atoms with Gasteiger partial charge in [-0.2, -0.15) is 5.10 Å². The van der Waals surface area contributed by atoms with Crippen LogP contribution < -0.4 is 10.1 Å². The lowest BCUT2D eigenvalue weighted by molar-refractivity contribution is 0.317. The zero-order chi connectivity index (χ0) is 11.7. The molecule has 88 valence electrons. The number of ether oxygens (including phenoxy) is 1. The number of nitrogens with zero attached hydrogens (tertiary/aromatic N) is 2. The summed E-state index contributed by atoms with van der Waals surface area (Å²) in [5.41, 5.74) is 0. The molecule has 0 aliphatic carbocycles. The van der Waals surface area contributed by atoms with E-state index in [1.807, 2.05) is 4.68 Å². The van der Waals surface area contributed by atoms with Crippen LogP contribution in [0.4, 0.5) is 4.39 Å². The summed E-state index contributed by atoms with van der Waals surface area (Å²) in [6.07, 6.45) is 3.39. The van der Waals surface area contributed by atoms with Crippen LogP contribution in [-0.2, 0) is 0 Å². The Hall–Kier alpha value is -1.88. The smallest absolute Gasteiger partial charge is 0.165 e. The van der Waals surface area contributed by atoms with Gasteiger partial charge in [-0.25, -0.2) is 4.39 Å². The quantitative estimate of drug-likeness (QED) is 0.880. The molecular weight excluding hydrogens is 221 g/mol. The highest BCUT2D eigenvalue weighted by Gasteiger charge is 2.19. The van der Waals surface area contributed by atoms with Crippen LogP contribution in [0.1, 0.15) is 6.04 Å². The summed E-state index contributed by atoms with van der Waals surface area (Å²) in [7, 11) is 0. The third kappa shape index (κ3) is 2.01. The van der Waals surface area contributed by atoms with E-state index >= 15 is 0 Å². The molecule has 0 bridgehead atoms. The molecule has 1 N–H and O–H groups in total. The normalized spacial score (nSPS) is 15.6. The van der Waals surface area contributed by atoms with Gasteiger partial charge in [-0.1, -0.05) is 12.1 Å². The van der Waals surface area contributed by atoms with Crippen LogP contribution in [0.15, 0.2) is 36.7 Å². The maximum Gasteiger partial charge on any atom is 0.165 e. The van der Waals surface area contributed by atoms with E-state index in [4.69, 9.17) is 4.74 Å². The first kappa shape index (κ1) is 10.3. The molecule has 4 nitrogen and oxygen atoms in total. The Bertz CT molecular complexity index is 522. The second-order valence-corrected chi connectivity index (χ2v) is 4.00. The van der Waals surface area contributed by atoms with E-state index in [2.05, 4.69) is 10.4 Å². The number of nitrogens with one attached hydrogen (secondary N) is 1. The molecule has 2 heterocycles. The zero-order valence-corrected chi connectivity index (χ0v) is 9.14. The Morgan fingerprint density at radius 1 is 1.35 bits per heavy atom. The third-order valence-corrected chi connectivity index (χ3v) is 2.78. The lowest BCUT2D eigenvalue weighted by atomic mass is 10.2. The summed E-state index contributed by atoms with van der Waals surface area (Å²) in [4.78, 5) is 0. The zero-order valence-electron chi connectivity index (χ0n) is 9.14. The highest BCUT2D eigenvalue weighted by atomic mass is 19.1. The van der Waals surface area contributed by atoms with Crippen molar-refractivity contribution in [1.82, 2.24) is 15.1 Å². The van der Waals surface area contributed by atoms with E-state index in [9.17, 15) is 4.39 Å². The van der Waals surface area contributed by atoms with Gasteiger partial charge in [0.15, 0.2) is 17.3 Å². The summed E-state index contributed by atoms with van der Waals surface area (Å²) in [6, 6.07) is 6.71. The highest BCUT2D eigenvalue weighted by Crippen LogP contribution is 2.24. The van der Waals surface area contributed by atoms with E-state index in [1.54, 1.807) is 30.6 Å². The number of rotatable bonds is 3. The van der Waals surface area contributed by atoms with Gasteiger partial charge >= 0.3 is 0 Å². The lowest BCUT2D eigenvalue weighted by Crippen LogP contribution is -2.43. The summed E-state index contributed by atoms with van der Waals surface area (Å²) in [6.45, 7) is 1.83. The minimum absolute atomic E-state index is 0.221. The Morgan fingerprint density at radius 3 is 2.88 bits per heavy atom. The van der Waals surface area contributed by atoms with Crippen LogP contribution in [0.3, 0.4) is 0 Å². The SMILES string of the molecule is Fc1ccccc1Oc1cnn(C2CNC2)c1. The second-order valence-electron chi connectivity index (χ2n) is 4.00. The molecule has 0 amide bonds. The maximum absolute atomic E-state index is 13.4. The van der Waals surface area contributed by atoms with Crippen molar-refractivity contribution in [3.05, 3.63) is 42.5 Å². The predicted molar refractivity (Wildman–Crippen MR) is 60.6 cm³/mol. The minimum Gasteiger partial charge on any atom is -0.451 e. The van der Waals surface area contributed by atoms with Gasteiger partial charge in [0, 0.05) is 13.1 Å². The molecular formula is C12H12FN3O. The van der Waals surface area contributed by atoms with Gasteiger partial charge in [0.05, 0.1) is 18.4 Å². The average molecular weight is 233 g/mol. The van der Waals surface area contributed by atoms with Crippen LogP contribution in [0.2, 0.25) is 0 Å². The summed E-state index contributed by atoms with van der Waals surface area (Å²) < 4.78 is 20.6. The van der Waals surface area contributed by atoms with Crippen molar-refractivity contribution in [3.63, 3.8) is 0 Å². The van der Waals surface area contributed by atoms with Crippen LogP contribution in [0, 0.1) is 5.82 Å². The number of para-hydroxylation sites is 1. The fourth-order valence-electron chi connectivity index (χ4n) is 1.69. The van der Waals surface area contributed by atoms with Crippen molar-refractivity contribution < 1.29 is 9.13 Å². The first-order valence-corrected chi connectivity index (χ1v) is 5.50. The molecule has 1 aliphatic heterocycles. The molecule has 1 aromatic heterocycles. The summed E-state index contributed by atoms with van der Waals surface area (Å²) in [5.74, 6) is 0.409. The van der Waals surface area contributed by atoms with Crippen molar-refractivity contribution in [2.24, 2.45) is 0 Å². The maximum atomic E-state index is 13.4. The van der Waals surface area contributed by atoms with Gasteiger partial charge in [-0.3, -0.25) is 4.68 Å². The van der Waals surface area contributed by atoms with Crippen molar-refractivity contribution in [1.29, 1.82) is 0 Å². The molecule has 1 fully saturated rings. The van der Waals surface area contributed by atoms with Crippen LogP contribution in [-0.4, -0.2) is 22.9 Å². The third-order valence-electron chi connectivity index (χ3n) is 2.78. The van der Waals surface area contributed by atoms with Gasteiger partial charge in [-0.05, 0) is 12.1 Å². The van der Waals surface area contributed by atoms with E-state index < -0.39 is 0 Å². The summed E-state index contributed by atoms with van der Waals surface area (Å²) >= 11 is 0. The molecule has 0 atom stereocenters. The first-order chi connectivity index (χ1) is 8.33. The standard InChI is InChI=1S/C12H12FN3O/c13-11-3-1-2-4-12(11)17-10-7-15-16(8-10)9-5-14-6-9/h1-4,7-9,14H,5-6H2. The fraction of sp³-hybridized carbons (Fsp3) is 0.250. The monoisotopic (exact) mass is 233 g/mol. The minimum atomic E-state index is -0.370. The molecule has 0 unspecified atom stereocenters. The van der Waals surface area contributed by atoms with Crippen molar-refractivity contribution in [3.8, 4) is 11.5 Å². The lowest BCUT2D eigenvalue weighted by Gasteiger charge is -2.26. The Morgan fingerprint density at radius 2 is 2.18 bits per heavy atom. The molecule has 17 heavy (non-hydrogen) atoms. The van der Waals surface area contributed by atoms with Gasteiger partial charge < -0.3 is 10.1 Å². The molecule has 1 aromatic carbocycles. The predicted octanol–water partition coefficient (Wildman–Crippen LogP) is 1.96. The van der Waals surface area contributed by atoms with Gasteiger partial charge in [-0.15, -0.1) is 0 Å². The Labute approximate surface area is 98.0 Å². The van der Waals surface area contributed by atoms with Crippen LogP contribution in [0.5, 0.6) is 11.5 Å². The molecule has 0 radical (unpaired) electrons. The largest absolute Gasteiger partial charge is 0.451 e. The van der Waals surface area contributed by atoms with E-state index in [0.717, 1.165) is 13.1 Å². The summed E-state index contributed by atoms with van der Waals surface area (Å²) in [5, 5.41) is 7.36. The van der Waals surface area contributed by atoms with Crippen molar-refractivity contribution >= 4 is 0 Å². The van der Waals surface area contributed by atoms with Crippen LogP contribution >= 0.6 is 0 Å². The van der Waals surface area contributed by atoms with Crippen molar-refractivity contribution in [2.45, 2.75) is 6.04 Å². The molecule has 1 saturated heterocycles. The first-order valence-electron chi connectivity index (χ1n) is 5.50. The average Bonchev–Trinajstić information content (AvgIpc) is 2.67. The fourth-order valence-corrected chi connectivity index (χ4v) is 1.69. The van der Waals surface area contributed by atoms with Crippen molar-refractivity contribution in [2.75, 3.05) is 13.1 Å². The molecule has 2 aromatic rings. The topological polar surface area (TPSA) is 39.1 Å². The molecule has 1 aliphatic rings. The number of halogens is 1. The molecule has 5 heteroatoms. The number of hydrogen-bond acceptors (Lipinski definition) is 3. The van der Waals surface area contributed by atoms with E-state index in [1.165, 1.54) is 6.07 Å². The highest BCUT2D eigenvalue weighted by molar-refractivity contribution is 5.29.